The van der Waals surface area contributed by atoms with Gasteiger partial charge in [-0.15, -0.1) is 0 Å². The molecule has 29 heavy (non-hydrogen) atoms. The van der Waals surface area contributed by atoms with Crippen molar-refractivity contribution in [2.75, 3.05) is 0 Å². The average Bonchev–Trinajstić information content (AvgIpc) is 3.04. The molecule has 0 heterocycles. The van der Waals surface area contributed by atoms with Gasteiger partial charge in [-0.1, -0.05) is 39.3 Å². The van der Waals surface area contributed by atoms with Crippen LogP contribution in [0.2, 0.25) is 0 Å². The highest BCUT2D eigenvalue weighted by atomic mass is 16.5. The summed E-state index contributed by atoms with van der Waals surface area (Å²) >= 11 is 0. The molecule has 3 saturated carbocycles. The Balaban J connectivity index is 1.51. The zero-order chi connectivity index (χ0) is 20.8. The summed E-state index contributed by atoms with van der Waals surface area (Å²) in [6.07, 6.45) is 12.4. The molecule has 3 fully saturated rings. The molecule has 0 aliphatic heterocycles. The second kappa shape index (κ2) is 7.74. The third kappa shape index (κ3) is 3.45. The van der Waals surface area contributed by atoms with Gasteiger partial charge >= 0.3 is 11.9 Å². The van der Waals surface area contributed by atoms with Crippen LogP contribution in [0.25, 0.3) is 0 Å². The van der Waals surface area contributed by atoms with Crippen molar-refractivity contribution in [1.82, 2.24) is 0 Å². The van der Waals surface area contributed by atoms with E-state index in [4.69, 9.17) is 9.47 Å². The highest BCUT2D eigenvalue weighted by Crippen LogP contribution is 2.65. The fraction of sp³-hybridized carbons (Fsp3) is 0.840. The van der Waals surface area contributed by atoms with Gasteiger partial charge in [0.25, 0.3) is 0 Å². The molecule has 4 heteroatoms. The smallest absolute Gasteiger partial charge is 0.305 e. The molecular weight excluding hydrogens is 364 g/mol. The van der Waals surface area contributed by atoms with E-state index in [0.29, 0.717) is 30.6 Å². The Morgan fingerprint density at radius 1 is 0.966 bits per heavy atom. The van der Waals surface area contributed by atoms with Gasteiger partial charge in [-0.25, -0.2) is 0 Å². The number of carbonyl (C=O) groups excluding carboxylic acids is 2. The topological polar surface area (TPSA) is 52.6 Å². The maximum absolute atomic E-state index is 12.0. The lowest BCUT2D eigenvalue weighted by molar-refractivity contribution is -0.159. The van der Waals surface area contributed by atoms with Crippen molar-refractivity contribution in [2.24, 2.45) is 28.6 Å². The van der Waals surface area contributed by atoms with Crippen LogP contribution in [0.1, 0.15) is 91.9 Å². The lowest BCUT2D eigenvalue weighted by Gasteiger charge is -2.57. The zero-order valence-electron chi connectivity index (χ0n) is 18.7. The number of esters is 2. The third-order valence-electron chi connectivity index (χ3n) is 9.12. The first kappa shape index (κ1) is 20.9. The number of allylic oxidation sites excluding steroid dienone is 1. The summed E-state index contributed by atoms with van der Waals surface area (Å²) in [5.41, 5.74) is 1.92. The van der Waals surface area contributed by atoms with Gasteiger partial charge in [0.05, 0.1) is 0 Å². The molecule has 0 N–H and O–H groups in total. The SMILES string of the molecule is CCC(=O)O[C@@H]1CC[C@@]2(C)C(=CC[C@@H]3[C@@H]4CC[C@H](OC(=O)CC)[C@@]4(C)CC[C@@H]32)C1. The van der Waals surface area contributed by atoms with Gasteiger partial charge in [-0.2, -0.15) is 0 Å². The quantitative estimate of drug-likeness (QED) is 0.454. The van der Waals surface area contributed by atoms with E-state index in [2.05, 4.69) is 19.9 Å². The van der Waals surface area contributed by atoms with E-state index in [-0.39, 0.29) is 35.0 Å². The second-order valence-electron chi connectivity index (χ2n) is 10.4. The molecule has 0 aromatic rings. The summed E-state index contributed by atoms with van der Waals surface area (Å²) in [5.74, 6) is 1.95. The number of fused-ring (bicyclic) bond motifs is 5. The Morgan fingerprint density at radius 2 is 1.69 bits per heavy atom. The van der Waals surface area contributed by atoms with E-state index in [1.54, 1.807) is 0 Å². The van der Waals surface area contributed by atoms with Crippen LogP contribution in [-0.2, 0) is 19.1 Å². The minimum Gasteiger partial charge on any atom is -0.462 e. The molecule has 0 radical (unpaired) electrons. The van der Waals surface area contributed by atoms with Crippen LogP contribution < -0.4 is 0 Å². The molecule has 0 saturated heterocycles. The minimum absolute atomic E-state index is 0.0447. The average molecular weight is 403 g/mol. The first-order valence-electron chi connectivity index (χ1n) is 11.9. The van der Waals surface area contributed by atoms with E-state index >= 15 is 0 Å². The fourth-order valence-corrected chi connectivity index (χ4v) is 7.38. The largest absolute Gasteiger partial charge is 0.462 e. The molecule has 0 bridgehead atoms. The highest BCUT2D eigenvalue weighted by molar-refractivity contribution is 5.69. The van der Waals surface area contributed by atoms with Crippen LogP contribution >= 0.6 is 0 Å². The number of hydrogen-bond donors (Lipinski definition) is 0. The summed E-state index contributed by atoms with van der Waals surface area (Å²) < 4.78 is 11.6. The molecule has 4 aliphatic carbocycles. The standard InChI is InChI=1S/C25H38O4/c1-5-22(26)28-17-11-13-24(3)16(15-17)7-8-18-19-9-10-21(29-23(27)6-2)25(19,4)14-12-20(18)24/h7,17-21H,5-6,8-15H2,1-4H3/t17-,18-,19+,20+,21+,24+,25+/m1/s1. The molecule has 0 spiro atoms. The van der Waals surface area contributed by atoms with Crippen molar-refractivity contribution in [3.05, 3.63) is 11.6 Å². The van der Waals surface area contributed by atoms with Gasteiger partial charge in [0, 0.05) is 24.7 Å². The molecule has 7 atom stereocenters. The van der Waals surface area contributed by atoms with E-state index < -0.39 is 0 Å². The molecule has 0 aromatic heterocycles. The Kier molecular flexibility index (Phi) is 5.59. The van der Waals surface area contributed by atoms with Crippen LogP contribution in [0, 0.1) is 28.6 Å². The lowest BCUT2D eigenvalue weighted by Crippen LogP contribution is -2.51. The number of carbonyl (C=O) groups is 2. The predicted octanol–water partition coefficient (Wildman–Crippen LogP) is 5.59. The second-order valence-corrected chi connectivity index (χ2v) is 10.4. The maximum Gasteiger partial charge on any atom is 0.305 e. The molecule has 4 aliphatic rings. The third-order valence-corrected chi connectivity index (χ3v) is 9.12. The first-order valence-corrected chi connectivity index (χ1v) is 11.9. The molecule has 162 valence electrons. The molecule has 0 unspecified atom stereocenters. The Morgan fingerprint density at radius 3 is 2.41 bits per heavy atom. The first-order chi connectivity index (χ1) is 13.8. The van der Waals surface area contributed by atoms with Crippen LogP contribution in [0.15, 0.2) is 11.6 Å². The van der Waals surface area contributed by atoms with Crippen molar-refractivity contribution in [1.29, 1.82) is 0 Å². The Hall–Kier alpha value is -1.32. The summed E-state index contributed by atoms with van der Waals surface area (Å²) in [6, 6.07) is 0. The van der Waals surface area contributed by atoms with E-state index in [0.717, 1.165) is 38.5 Å². The zero-order valence-corrected chi connectivity index (χ0v) is 18.7. The van der Waals surface area contributed by atoms with E-state index in [1.165, 1.54) is 18.4 Å². The summed E-state index contributed by atoms with van der Waals surface area (Å²) in [6.45, 7) is 8.61. The summed E-state index contributed by atoms with van der Waals surface area (Å²) in [5, 5.41) is 0. The molecular formula is C25H38O4. The van der Waals surface area contributed by atoms with Crippen LogP contribution in [0.4, 0.5) is 0 Å². The fourth-order valence-electron chi connectivity index (χ4n) is 7.38. The van der Waals surface area contributed by atoms with E-state index in [1.807, 2.05) is 13.8 Å². The van der Waals surface area contributed by atoms with Crippen molar-refractivity contribution in [2.45, 2.75) is 104 Å². The minimum atomic E-state index is -0.0695. The molecule has 0 amide bonds. The highest BCUT2D eigenvalue weighted by Gasteiger charge is 2.59. The summed E-state index contributed by atoms with van der Waals surface area (Å²) in [4.78, 5) is 23.7. The van der Waals surface area contributed by atoms with Crippen LogP contribution in [0.5, 0.6) is 0 Å². The van der Waals surface area contributed by atoms with Gasteiger partial charge in [-0.05, 0) is 68.1 Å². The molecule has 4 nitrogen and oxygen atoms in total. The molecule has 0 aromatic carbocycles. The van der Waals surface area contributed by atoms with Crippen molar-refractivity contribution < 1.29 is 19.1 Å². The van der Waals surface area contributed by atoms with Gasteiger partial charge in [0.15, 0.2) is 0 Å². The van der Waals surface area contributed by atoms with Crippen LogP contribution in [0.3, 0.4) is 0 Å². The van der Waals surface area contributed by atoms with Gasteiger partial charge < -0.3 is 9.47 Å². The molecule has 4 rings (SSSR count). The van der Waals surface area contributed by atoms with Crippen LogP contribution in [-0.4, -0.2) is 24.1 Å². The van der Waals surface area contributed by atoms with Crippen molar-refractivity contribution in [3.63, 3.8) is 0 Å². The number of hydrogen-bond acceptors (Lipinski definition) is 4. The monoisotopic (exact) mass is 402 g/mol. The number of ether oxygens (including phenoxy) is 2. The Labute approximate surface area is 175 Å². The van der Waals surface area contributed by atoms with E-state index in [9.17, 15) is 9.59 Å². The van der Waals surface area contributed by atoms with Gasteiger partial charge in [0.2, 0.25) is 0 Å². The number of rotatable bonds is 4. The lowest BCUT2D eigenvalue weighted by atomic mass is 9.48. The predicted molar refractivity (Wildman–Crippen MR) is 112 cm³/mol. The summed E-state index contributed by atoms with van der Waals surface area (Å²) in [7, 11) is 0. The normalized spacial score (nSPS) is 43.4. The van der Waals surface area contributed by atoms with Gasteiger partial charge in [-0.3, -0.25) is 9.59 Å². The maximum atomic E-state index is 12.0. The van der Waals surface area contributed by atoms with Gasteiger partial charge in [0.1, 0.15) is 12.2 Å². The van der Waals surface area contributed by atoms with Crippen molar-refractivity contribution in [3.8, 4) is 0 Å². The Bertz CT molecular complexity index is 697. The van der Waals surface area contributed by atoms with Crippen molar-refractivity contribution >= 4 is 11.9 Å².